The van der Waals surface area contributed by atoms with Gasteiger partial charge in [0.1, 0.15) is 0 Å². The topological polar surface area (TPSA) is 24.9 Å². The molecule has 0 unspecified atom stereocenters. The third-order valence-corrected chi connectivity index (χ3v) is 4.45. The number of hydrogen-bond acceptors (Lipinski definition) is 4. The highest BCUT2D eigenvalue weighted by atomic mass is 32.2. The Kier molecular flexibility index (Phi) is 4.93. The number of thioether (sulfide) groups is 1. The fourth-order valence-electron chi connectivity index (χ4n) is 1.57. The van der Waals surface area contributed by atoms with Crippen molar-refractivity contribution in [2.45, 2.75) is 24.5 Å². The molecule has 0 atom stereocenters. The third kappa shape index (κ3) is 4.72. The zero-order chi connectivity index (χ0) is 14.6. The minimum atomic E-state index is -4.16. The standard InChI is InChI=1S/C13H13F3N2S2/c1-9-17-6-10(20-9)7-18-11-4-2-3-5-12(11)19-8-13(14,15)16/h2-6,18H,7-8H2,1H3. The van der Waals surface area contributed by atoms with Crippen molar-refractivity contribution < 1.29 is 13.2 Å². The van der Waals surface area contributed by atoms with E-state index in [0.29, 0.717) is 17.1 Å². The van der Waals surface area contributed by atoms with Crippen LogP contribution < -0.4 is 5.32 Å². The van der Waals surface area contributed by atoms with Gasteiger partial charge in [-0.05, 0) is 19.1 Å². The average Bonchev–Trinajstić information content (AvgIpc) is 2.80. The highest BCUT2D eigenvalue weighted by Gasteiger charge is 2.27. The number of anilines is 1. The van der Waals surface area contributed by atoms with Gasteiger partial charge in [0.2, 0.25) is 0 Å². The van der Waals surface area contributed by atoms with Crippen molar-refractivity contribution in [1.82, 2.24) is 4.98 Å². The fraction of sp³-hybridized carbons (Fsp3) is 0.308. The molecule has 0 aliphatic carbocycles. The first-order chi connectivity index (χ1) is 9.44. The van der Waals surface area contributed by atoms with Crippen LogP contribution in [0.15, 0.2) is 35.4 Å². The van der Waals surface area contributed by atoms with E-state index in [9.17, 15) is 13.2 Å². The molecule has 1 N–H and O–H groups in total. The summed E-state index contributed by atoms with van der Waals surface area (Å²) in [5, 5.41) is 4.14. The molecule has 0 fully saturated rings. The predicted octanol–water partition coefficient (Wildman–Crippen LogP) is 4.72. The predicted molar refractivity (Wildman–Crippen MR) is 77.4 cm³/mol. The Bertz CT molecular complexity index is 567. The van der Waals surface area contributed by atoms with Crippen molar-refractivity contribution in [3.63, 3.8) is 0 Å². The third-order valence-electron chi connectivity index (χ3n) is 2.40. The maximum absolute atomic E-state index is 12.3. The van der Waals surface area contributed by atoms with Crippen LogP contribution in [0.1, 0.15) is 9.88 Å². The lowest BCUT2D eigenvalue weighted by Crippen LogP contribution is -2.11. The number of hydrogen-bond donors (Lipinski definition) is 1. The lowest BCUT2D eigenvalue weighted by atomic mass is 10.3. The number of aryl methyl sites for hydroxylation is 1. The molecule has 2 aromatic rings. The van der Waals surface area contributed by atoms with E-state index in [1.807, 2.05) is 6.92 Å². The summed E-state index contributed by atoms with van der Waals surface area (Å²) >= 11 is 2.36. The highest BCUT2D eigenvalue weighted by Crippen LogP contribution is 2.32. The number of alkyl halides is 3. The lowest BCUT2D eigenvalue weighted by molar-refractivity contribution is -0.105. The van der Waals surface area contributed by atoms with Gasteiger partial charge in [0, 0.05) is 21.7 Å². The SMILES string of the molecule is Cc1ncc(CNc2ccccc2SCC(F)(F)F)s1. The molecule has 2 nitrogen and oxygen atoms in total. The Labute approximate surface area is 123 Å². The van der Waals surface area contributed by atoms with Gasteiger partial charge in [-0.25, -0.2) is 4.98 Å². The molecule has 0 aliphatic rings. The van der Waals surface area contributed by atoms with Crippen LogP contribution >= 0.6 is 23.1 Å². The van der Waals surface area contributed by atoms with Crippen LogP contribution in [0.4, 0.5) is 18.9 Å². The smallest absolute Gasteiger partial charge is 0.379 e. The van der Waals surface area contributed by atoms with E-state index in [0.717, 1.165) is 21.6 Å². The number of thiazole rings is 1. The van der Waals surface area contributed by atoms with Crippen molar-refractivity contribution in [2.75, 3.05) is 11.1 Å². The zero-order valence-corrected chi connectivity index (χ0v) is 12.3. The summed E-state index contributed by atoms with van der Waals surface area (Å²) in [4.78, 5) is 5.80. The molecule has 20 heavy (non-hydrogen) atoms. The monoisotopic (exact) mass is 318 g/mol. The molecular formula is C13H13F3N2S2. The Balaban J connectivity index is 2.00. The van der Waals surface area contributed by atoms with Crippen molar-refractivity contribution in [3.05, 3.63) is 40.3 Å². The van der Waals surface area contributed by atoms with Crippen LogP contribution in [0.5, 0.6) is 0 Å². The summed E-state index contributed by atoms with van der Waals surface area (Å²) in [6, 6.07) is 7.02. The largest absolute Gasteiger partial charge is 0.398 e. The molecule has 0 radical (unpaired) electrons. The minimum absolute atomic E-state index is 0.565. The van der Waals surface area contributed by atoms with Gasteiger partial charge in [0.15, 0.2) is 0 Å². The highest BCUT2D eigenvalue weighted by molar-refractivity contribution is 7.99. The van der Waals surface area contributed by atoms with Gasteiger partial charge in [-0.15, -0.1) is 23.1 Å². The molecule has 7 heteroatoms. The van der Waals surface area contributed by atoms with E-state index in [2.05, 4.69) is 10.3 Å². The maximum Gasteiger partial charge on any atom is 0.398 e. The molecule has 0 amide bonds. The number of halogens is 3. The first-order valence-corrected chi connectivity index (χ1v) is 7.68. The summed E-state index contributed by atoms with van der Waals surface area (Å²) in [5.41, 5.74) is 0.716. The fourth-order valence-corrected chi connectivity index (χ4v) is 3.09. The van der Waals surface area contributed by atoms with Crippen molar-refractivity contribution in [3.8, 4) is 0 Å². The van der Waals surface area contributed by atoms with E-state index in [1.54, 1.807) is 41.8 Å². The molecule has 1 heterocycles. The zero-order valence-electron chi connectivity index (χ0n) is 10.7. The van der Waals surface area contributed by atoms with Crippen molar-refractivity contribution in [2.24, 2.45) is 0 Å². The molecule has 0 bridgehead atoms. The van der Waals surface area contributed by atoms with Crippen LogP contribution in [-0.2, 0) is 6.54 Å². The quantitative estimate of drug-likeness (QED) is 0.808. The van der Waals surface area contributed by atoms with Crippen LogP contribution in [0, 0.1) is 6.92 Å². The number of rotatable bonds is 5. The number of nitrogens with zero attached hydrogens (tertiary/aromatic N) is 1. The van der Waals surface area contributed by atoms with Gasteiger partial charge < -0.3 is 5.32 Å². The van der Waals surface area contributed by atoms with Gasteiger partial charge in [0.05, 0.1) is 17.3 Å². The molecular weight excluding hydrogens is 305 g/mol. The normalized spacial score (nSPS) is 11.6. The number of nitrogens with one attached hydrogen (secondary N) is 1. The second-order valence-corrected chi connectivity index (χ2v) is 6.44. The Morgan fingerprint density at radius 3 is 2.70 bits per heavy atom. The van der Waals surface area contributed by atoms with Crippen LogP contribution in [0.3, 0.4) is 0 Å². The molecule has 0 spiro atoms. The van der Waals surface area contributed by atoms with Gasteiger partial charge in [-0.2, -0.15) is 13.2 Å². The minimum Gasteiger partial charge on any atom is -0.379 e. The van der Waals surface area contributed by atoms with E-state index in [1.165, 1.54) is 0 Å². The number of aromatic nitrogens is 1. The summed E-state index contributed by atoms with van der Waals surface area (Å²) < 4.78 is 36.8. The molecule has 0 saturated heterocycles. The van der Waals surface area contributed by atoms with E-state index in [4.69, 9.17) is 0 Å². The van der Waals surface area contributed by atoms with Crippen LogP contribution in [0.25, 0.3) is 0 Å². The Hall–Kier alpha value is -1.21. The van der Waals surface area contributed by atoms with Crippen LogP contribution in [0.2, 0.25) is 0 Å². The van der Waals surface area contributed by atoms with Gasteiger partial charge in [-0.1, -0.05) is 12.1 Å². The second kappa shape index (κ2) is 6.49. The molecule has 1 aromatic heterocycles. The van der Waals surface area contributed by atoms with Gasteiger partial charge in [-0.3, -0.25) is 0 Å². The first-order valence-electron chi connectivity index (χ1n) is 5.88. The molecule has 1 aromatic carbocycles. The second-order valence-electron chi connectivity index (χ2n) is 4.10. The van der Waals surface area contributed by atoms with Crippen molar-refractivity contribution >= 4 is 28.8 Å². The summed E-state index contributed by atoms with van der Waals surface area (Å²) in [7, 11) is 0. The number of benzene rings is 1. The van der Waals surface area contributed by atoms with Crippen molar-refractivity contribution in [1.29, 1.82) is 0 Å². The molecule has 2 rings (SSSR count). The van der Waals surface area contributed by atoms with Gasteiger partial charge in [0.25, 0.3) is 0 Å². The molecule has 0 saturated carbocycles. The summed E-state index contributed by atoms with van der Waals surface area (Å²) in [6.07, 6.45) is -2.38. The van der Waals surface area contributed by atoms with Gasteiger partial charge >= 0.3 is 6.18 Å². The van der Waals surface area contributed by atoms with E-state index < -0.39 is 11.9 Å². The first kappa shape index (κ1) is 15.2. The van der Waals surface area contributed by atoms with E-state index >= 15 is 0 Å². The van der Waals surface area contributed by atoms with E-state index in [-0.39, 0.29) is 0 Å². The summed E-state index contributed by atoms with van der Waals surface area (Å²) in [6.45, 7) is 2.48. The molecule has 108 valence electrons. The maximum atomic E-state index is 12.3. The Morgan fingerprint density at radius 1 is 1.30 bits per heavy atom. The Morgan fingerprint density at radius 2 is 2.05 bits per heavy atom. The molecule has 0 aliphatic heterocycles. The average molecular weight is 318 g/mol. The number of para-hydroxylation sites is 1. The van der Waals surface area contributed by atoms with Crippen LogP contribution in [-0.4, -0.2) is 16.9 Å². The summed E-state index contributed by atoms with van der Waals surface area (Å²) in [5.74, 6) is -0.884. The lowest BCUT2D eigenvalue weighted by Gasteiger charge is -2.12.